The lowest BCUT2D eigenvalue weighted by Gasteiger charge is -2.32. The van der Waals surface area contributed by atoms with Gasteiger partial charge in [0.2, 0.25) is 0 Å². The molecule has 57 heavy (non-hydrogen) atoms. The summed E-state index contributed by atoms with van der Waals surface area (Å²) in [5, 5.41) is 1.91. The van der Waals surface area contributed by atoms with Crippen molar-refractivity contribution >= 4 is 27.5 Å². The standard InChI is InChI=1S/C24H29NO3.C17H23NO3.C7H7Br/c1-27-22-14-19-13-20(24(26)21(19)15-23(22)28-2)12-17-8-10-25(11-9-17)16-18-6-4-3-5-7-18;1-20-15-9-12-8-13(7-11-3-5-18-6-4-11)17(19)14(12)10-16(15)21-2;8-6-7-4-2-1-3-5-7/h3-7,14-15,17,20H,8-13,16H2,1-2H3;9-11,13,18H,3-8H2,1-2H3;1-5H,6H2/i1D3,2D3,16D2;1D3,2D3;6D2. The molecular weight excluding hydrogens is 780 g/mol. The highest BCUT2D eigenvalue weighted by Crippen LogP contribution is 2.41. The van der Waals surface area contributed by atoms with Crippen LogP contribution in [0.25, 0.3) is 0 Å². The topological polar surface area (TPSA) is 86.3 Å². The number of nitrogens with one attached hydrogen (secondary N) is 1. The number of ether oxygens (including phenoxy) is 4. The molecule has 0 aromatic heterocycles. The third kappa shape index (κ3) is 11.1. The molecule has 0 spiro atoms. The van der Waals surface area contributed by atoms with Crippen LogP contribution in [0.1, 0.15) is 103 Å². The summed E-state index contributed by atoms with van der Waals surface area (Å²) in [6.45, 7) is 1.49. The minimum Gasteiger partial charge on any atom is -0.493 e. The summed E-state index contributed by atoms with van der Waals surface area (Å²) in [6, 6.07) is 23.5. The molecule has 4 aromatic carbocycles. The first-order valence-corrected chi connectivity index (χ1v) is 20.1. The number of fused-ring (bicyclic) bond motifs is 2. The second-order valence-electron chi connectivity index (χ2n) is 14.9. The van der Waals surface area contributed by atoms with Gasteiger partial charge in [0.05, 0.1) is 44.6 Å². The van der Waals surface area contributed by atoms with Crippen molar-refractivity contribution in [2.75, 3.05) is 54.3 Å². The highest BCUT2D eigenvalue weighted by atomic mass is 79.9. The van der Waals surface area contributed by atoms with Crippen LogP contribution in [0.3, 0.4) is 0 Å². The monoisotopic (exact) mass is 854 g/mol. The lowest BCUT2D eigenvalue weighted by Crippen LogP contribution is -2.34. The van der Waals surface area contributed by atoms with Crippen LogP contribution in [0.5, 0.6) is 23.0 Å². The van der Waals surface area contributed by atoms with Gasteiger partial charge < -0.3 is 24.3 Å². The van der Waals surface area contributed by atoms with Gasteiger partial charge in [0.15, 0.2) is 34.6 Å². The fourth-order valence-corrected chi connectivity index (χ4v) is 8.52. The summed E-state index contributed by atoms with van der Waals surface area (Å²) in [7, 11) is -11.2. The van der Waals surface area contributed by atoms with E-state index in [2.05, 4.69) is 21.2 Å². The molecule has 2 unspecified atom stereocenters. The van der Waals surface area contributed by atoms with Gasteiger partial charge in [0.1, 0.15) is 0 Å². The van der Waals surface area contributed by atoms with Crippen molar-refractivity contribution in [2.24, 2.45) is 23.7 Å². The van der Waals surface area contributed by atoms with Gasteiger partial charge in [0.25, 0.3) is 0 Å². The SMILES string of the molecule is [2H]C([2H])(Br)c1ccccc1.[2H]C([2H])([2H])Oc1cc2c(cc1OC([2H])([2H])[2H])C(=O)C(CC1CCN(C([2H])([2H])c3ccccc3)CC1)C2.[2H]C([2H])([2H])Oc1cc2c(cc1OC([2H])([2H])[2H])C(=O)C(CC1CCNCC1)C2. The zero-order chi connectivity index (χ0) is 53.7. The molecule has 2 fully saturated rings. The lowest BCUT2D eigenvalue weighted by atomic mass is 9.85. The number of benzene rings is 4. The van der Waals surface area contributed by atoms with Gasteiger partial charge in [-0.3, -0.25) is 14.5 Å². The molecule has 304 valence electrons. The highest BCUT2D eigenvalue weighted by Gasteiger charge is 2.35. The minimum atomic E-state index is -2.83. The van der Waals surface area contributed by atoms with Gasteiger partial charge in [0, 0.05) is 40.2 Å². The highest BCUT2D eigenvalue weighted by molar-refractivity contribution is 9.08. The number of carbonyl (C=O) groups excluding carboxylic acids is 2. The number of alkyl halides is 1. The van der Waals surface area contributed by atoms with Crippen molar-refractivity contribution < 1.29 is 50.5 Å². The Balaban J connectivity index is 0.000000205. The first-order chi connectivity index (χ1) is 33.8. The Hall–Kier alpha value is -4.18. The summed E-state index contributed by atoms with van der Waals surface area (Å²) in [4.78, 5) is 27.8. The average molecular weight is 856 g/mol. The number of ketones is 2. The van der Waals surface area contributed by atoms with Crippen LogP contribution in [0.2, 0.25) is 0 Å². The number of hydrogen-bond donors (Lipinski definition) is 1. The molecule has 0 saturated carbocycles. The maximum atomic E-state index is 13.2. The maximum Gasteiger partial charge on any atom is 0.166 e. The summed E-state index contributed by atoms with van der Waals surface area (Å²) >= 11 is 2.92. The van der Waals surface area contributed by atoms with Crippen LogP contribution < -0.4 is 24.3 Å². The summed E-state index contributed by atoms with van der Waals surface area (Å²) in [6.07, 6.45) is 5.89. The molecule has 0 radical (unpaired) electrons. The van der Waals surface area contributed by atoms with Gasteiger partial charge >= 0.3 is 0 Å². The molecule has 4 aromatic rings. The van der Waals surface area contributed by atoms with E-state index in [1.807, 2.05) is 41.3 Å². The Morgan fingerprint density at radius 1 is 0.649 bits per heavy atom. The van der Waals surface area contributed by atoms with Crippen molar-refractivity contribution in [1.82, 2.24) is 10.2 Å². The van der Waals surface area contributed by atoms with Crippen molar-refractivity contribution in [1.29, 1.82) is 0 Å². The Morgan fingerprint density at radius 2 is 1.09 bits per heavy atom. The van der Waals surface area contributed by atoms with E-state index < -0.39 is 39.9 Å². The van der Waals surface area contributed by atoms with E-state index in [1.165, 1.54) is 24.3 Å². The zero-order valence-electron chi connectivity index (χ0n) is 47.7. The predicted octanol–water partition coefficient (Wildman–Crippen LogP) is 9.39. The third-order valence-corrected chi connectivity index (χ3v) is 11.7. The fourth-order valence-electron chi connectivity index (χ4n) is 8.26. The number of nitrogens with zero attached hydrogens (tertiary/aromatic N) is 1. The number of carbonyl (C=O) groups is 2. The number of likely N-dealkylation sites (tertiary alicyclic amines) is 1. The molecule has 8 rings (SSSR count). The van der Waals surface area contributed by atoms with Gasteiger partial charge in [-0.1, -0.05) is 76.6 Å². The Bertz CT molecular complexity index is 2500. The van der Waals surface area contributed by atoms with Crippen LogP contribution in [0.4, 0.5) is 0 Å². The number of Topliss-reactive ketones (excluding diaryl/α,β-unsaturated/α-hetero) is 2. The first-order valence-electron chi connectivity index (χ1n) is 27.3. The second kappa shape index (κ2) is 21.0. The molecule has 2 atom stereocenters. The van der Waals surface area contributed by atoms with E-state index in [0.717, 1.165) is 45.2 Å². The molecule has 9 heteroatoms. The smallest absolute Gasteiger partial charge is 0.166 e. The van der Waals surface area contributed by atoms with E-state index in [1.54, 1.807) is 24.3 Å². The summed E-state index contributed by atoms with van der Waals surface area (Å²) in [5.74, 6) is -0.885. The van der Waals surface area contributed by atoms with Gasteiger partial charge in [-0.15, -0.1) is 0 Å². The number of rotatable bonds is 11. The summed E-state index contributed by atoms with van der Waals surface area (Å²) < 4.78 is 139. The quantitative estimate of drug-likeness (QED) is 0.150. The van der Waals surface area contributed by atoms with E-state index in [4.69, 9.17) is 40.9 Å². The number of hydrogen-bond acceptors (Lipinski definition) is 8. The molecule has 2 saturated heterocycles. The van der Waals surface area contributed by atoms with Crippen LogP contribution >= 0.6 is 15.9 Å². The molecule has 2 aliphatic carbocycles. The van der Waals surface area contributed by atoms with E-state index in [0.29, 0.717) is 71.7 Å². The minimum absolute atomic E-state index is 0.0423. The van der Waals surface area contributed by atoms with Crippen LogP contribution in [0, 0.1) is 23.7 Å². The molecule has 2 heterocycles. The lowest BCUT2D eigenvalue weighted by molar-refractivity contribution is 0.0893. The van der Waals surface area contributed by atoms with Gasteiger partial charge in [-0.05, 0) is 136 Å². The molecule has 2 aliphatic heterocycles. The maximum absolute atomic E-state index is 13.2. The van der Waals surface area contributed by atoms with E-state index >= 15 is 0 Å². The molecule has 4 aliphatic rings. The normalized spacial score (nSPS) is 24.9. The number of methoxy groups -OCH3 is 4. The molecule has 0 bridgehead atoms. The summed E-state index contributed by atoms with van der Waals surface area (Å²) in [5.41, 5.74) is 3.28. The second-order valence-corrected chi connectivity index (χ2v) is 15.3. The largest absolute Gasteiger partial charge is 0.493 e. The fraction of sp³-hybridized carbons (Fsp3) is 0.458. The molecule has 1 N–H and O–H groups in total. The third-order valence-electron chi connectivity index (χ3n) is 11.2. The number of halogens is 1. The van der Waals surface area contributed by atoms with Crippen LogP contribution in [-0.4, -0.2) is 70.8 Å². The first kappa shape index (κ1) is 26.0. The average Bonchev–Trinajstić information content (AvgIpc) is 3.75. The van der Waals surface area contributed by atoms with Crippen molar-refractivity contribution in [3.05, 3.63) is 118 Å². The number of piperidine rings is 2. The predicted molar refractivity (Wildman–Crippen MR) is 230 cm³/mol. The van der Waals surface area contributed by atoms with Crippen LogP contribution in [0.15, 0.2) is 84.9 Å². The van der Waals surface area contributed by atoms with Crippen molar-refractivity contribution in [3.63, 3.8) is 0 Å². The Kier molecular flexibility index (Phi) is 9.59. The Labute approximate surface area is 370 Å². The Morgan fingerprint density at radius 3 is 1.53 bits per heavy atom. The van der Waals surface area contributed by atoms with Crippen molar-refractivity contribution in [2.45, 2.75) is 63.1 Å². The molecule has 8 nitrogen and oxygen atoms in total. The molecule has 0 amide bonds. The van der Waals surface area contributed by atoms with Crippen LogP contribution in [-0.2, 0) is 24.6 Å². The van der Waals surface area contributed by atoms with E-state index in [-0.39, 0.29) is 52.3 Å². The van der Waals surface area contributed by atoms with E-state index in [9.17, 15) is 9.59 Å². The van der Waals surface area contributed by atoms with Gasteiger partial charge in [-0.2, -0.15) is 0 Å². The van der Waals surface area contributed by atoms with Gasteiger partial charge in [-0.25, -0.2) is 0 Å². The molecular formula is C48H59BrN2O6. The van der Waals surface area contributed by atoms with Crippen molar-refractivity contribution in [3.8, 4) is 23.0 Å². The zero-order valence-corrected chi connectivity index (χ0v) is 33.2.